The first kappa shape index (κ1) is 16.4. The highest BCUT2D eigenvalue weighted by Gasteiger charge is 2.42. The van der Waals surface area contributed by atoms with Gasteiger partial charge in [0.25, 0.3) is 5.91 Å². The molecule has 24 heavy (non-hydrogen) atoms. The van der Waals surface area contributed by atoms with Crippen LogP contribution in [0.15, 0.2) is 42.7 Å². The zero-order valence-electron chi connectivity index (χ0n) is 13.8. The predicted molar refractivity (Wildman–Crippen MR) is 88.7 cm³/mol. The molecule has 0 radical (unpaired) electrons. The molecule has 2 heterocycles. The molecule has 0 unspecified atom stereocenters. The van der Waals surface area contributed by atoms with Gasteiger partial charge in [0.2, 0.25) is 0 Å². The average molecular weight is 327 g/mol. The van der Waals surface area contributed by atoms with E-state index in [9.17, 15) is 9.90 Å². The van der Waals surface area contributed by atoms with Gasteiger partial charge in [0.05, 0.1) is 31.1 Å². The number of aromatic nitrogens is 2. The van der Waals surface area contributed by atoms with Gasteiger partial charge in [0, 0.05) is 6.54 Å². The van der Waals surface area contributed by atoms with Crippen LogP contribution in [-0.2, 0) is 5.60 Å². The van der Waals surface area contributed by atoms with Gasteiger partial charge in [0.15, 0.2) is 0 Å². The average Bonchev–Trinajstić information content (AvgIpc) is 3.12. The minimum Gasteiger partial charge on any atom is -0.497 e. The van der Waals surface area contributed by atoms with Crippen LogP contribution in [0.4, 0.5) is 0 Å². The Bertz CT molecular complexity index is 701. The minimum atomic E-state index is -1.14. The first-order chi connectivity index (χ1) is 11.5. The summed E-state index contributed by atoms with van der Waals surface area (Å²) in [5, 5.41) is 18.6. The second-order valence-electron chi connectivity index (χ2n) is 6.16. The standard InChI is InChI=1S/C18H21N3O3/c1-18(23,14-5-7-15(24-2)8-6-14)16-4-3-11-21(16)17(22)13-9-10-19-20-12-13/h5-10,12,16,23H,3-4,11H2,1-2H3/t16-,18+/m1/s1. The van der Waals surface area contributed by atoms with Crippen molar-refractivity contribution in [3.8, 4) is 5.75 Å². The van der Waals surface area contributed by atoms with Gasteiger partial charge in [-0.05, 0) is 43.5 Å². The molecule has 0 saturated carbocycles. The Morgan fingerprint density at radius 1 is 1.29 bits per heavy atom. The third-order valence-electron chi connectivity index (χ3n) is 4.67. The Kier molecular flexibility index (Phi) is 4.49. The van der Waals surface area contributed by atoms with Crippen LogP contribution in [0.5, 0.6) is 5.75 Å². The van der Waals surface area contributed by atoms with E-state index in [1.165, 1.54) is 12.4 Å². The van der Waals surface area contributed by atoms with Gasteiger partial charge in [-0.25, -0.2) is 0 Å². The number of ether oxygens (including phenoxy) is 1. The van der Waals surface area contributed by atoms with Gasteiger partial charge in [-0.1, -0.05) is 12.1 Å². The molecule has 6 nitrogen and oxygen atoms in total. The molecule has 1 fully saturated rings. The summed E-state index contributed by atoms with van der Waals surface area (Å²) in [4.78, 5) is 14.5. The van der Waals surface area contributed by atoms with Crippen molar-refractivity contribution in [2.24, 2.45) is 0 Å². The van der Waals surface area contributed by atoms with Crippen molar-refractivity contribution in [3.05, 3.63) is 53.9 Å². The van der Waals surface area contributed by atoms with E-state index in [4.69, 9.17) is 4.74 Å². The van der Waals surface area contributed by atoms with Crippen LogP contribution in [0.2, 0.25) is 0 Å². The second kappa shape index (κ2) is 6.57. The molecule has 1 amide bonds. The van der Waals surface area contributed by atoms with Crippen LogP contribution in [0, 0.1) is 0 Å². The number of nitrogens with zero attached hydrogens (tertiary/aromatic N) is 3. The van der Waals surface area contributed by atoms with Crippen LogP contribution in [0.25, 0.3) is 0 Å². The van der Waals surface area contributed by atoms with Crippen molar-refractivity contribution in [1.82, 2.24) is 15.1 Å². The van der Waals surface area contributed by atoms with Gasteiger partial charge >= 0.3 is 0 Å². The van der Waals surface area contributed by atoms with Gasteiger partial charge in [-0.15, -0.1) is 0 Å². The zero-order valence-corrected chi connectivity index (χ0v) is 13.8. The molecule has 1 aromatic heterocycles. The van der Waals surface area contributed by atoms with Crippen molar-refractivity contribution in [1.29, 1.82) is 0 Å². The topological polar surface area (TPSA) is 75.6 Å². The lowest BCUT2D eigenvalue weighted by Gasteiger charge is -2.37. The molecule has 3 rings (SSSR count). The quantitative estimate of drug-likeness (QED) is 0.929. The van der Waals surface area contributed by atoms with Gasteiger partial charge in [-0.2, -0.15) is 10.2 Å². The number of hydrogen-bond donors (Lipinski definition) is 1. The van der Waals surface area contributed by atoms with E-state index >= 15 is 0 Å². The largest absolute Gasteiger partial charge is 0.497 e. The van der Waals surface area contributed by atoms with Crippen LogP contribution in [-0.4, -0.2) is 45.8 Å². The van der Waals surface area contributed by atoms with Crippen molar-refractivity contribution in [2.45, 2.75) is 31.4 Å². The fourth-order valence-electron chi connectivity index (χ4n) is 3.30. The highest BCUT2D eigenvalue weighted by atomic mass is 16.5. The maximum atomic E-state index is 12.8. The number of amides is 1. The molecule has 0 bridgehead atoms. The first-order valence-corrected chi connectivity index (χ1v) is 7.98. The Morgan fingerprint density at radius 2 is 2.04 bits per heavy atom. The van der Waals surface area contributed by atoms with Gasteiger partial charge < -0.3 is 14.7 Å². The molecule has 1 aromatic carbocycles. The van der Waals surface area contributed by atoms with Crippen LogP contribution >= 0.6 is 0 Å². The fourth-order valence-corrected chi connectivity index (χ4v) is 3.30. The van der Waals surface area contributed by atoms with Crippen molar-refractivity contribution in [2.75, 3.05) is 13.7 Å². The lowest BCUT2D eigenvalue weighted by Crippen LogP contribution is -2.48. The van der Waals surface area contributed by atoms with Gasteiger partial charge in [0.1, 0.15) is 11.4 Å². The van der Waals surface area contributed by atoms with E-state index in [2.05, 4.69) is 10.2 Å². The Morgan fingerprint density at radius 3 is 2.67 bits per heavy atom. The lowest BCUT2D eigenvalue weighted by atomic mass is 9.86. The molecule has 1 aliphatic heterocycles. The molecule has 1 saturated heterocycles. The third-order valence-corrected chi connectivity index (χ3v) is 4.67. The van der Waals surface area contributed by atoms with Crippen molar-refractivity contribution >= 4 is 5.91 Å². The first-order valence-electron chi connectivity index (χ1n) is 7.98. The van der Waals surface area contributed by atoms with E-state index in [-0.39, 0.29) is 11.9 Å². The maximum absolute atomic E-state index is 12.8. The fraction of sp³-hybridized carbons (Fsp3) is 0.389. The molecular formula is C18H21N3O3. The summed E-state index contributed by atoms with van der Waals surface area (Å²) in [6, 6.07) is 8.68. The summed E-state index contributed by atoms with van der Waals surface area (Å²) >= 11 is 0. The summed E-state index contributed by atoms with van der Waals surface area (Å²) in [6.07, 6.45) is 4.57. The number of likely N-dealkylation sites (tertiary alicyclic amines) is 1. The predicted octanol–water partition coefficient (Wildman–Crippen LogP) is 2.00. The molecule has 2 aromatic rings. The summed E-state index contributed by atoms with van der Waals surface area (Å²) in [5.74, 6) is 0.609. The number of carbonyl (C=O) groups excluding carboxylic acids is 1. The van der Waals surface area contributed by atoms with Crippen LogP contribution in [0.3, 0.4) is 0 Å². The summed E-state index contributed by atoms with van der Waals surface area (Å²) in [6.45, 7) is 2.38. The van der Waals surface area contributed by atoms with E-state index in [0.29, 0.717) is 12.1 Å². The van der Waals surface area contributed by atoms with E-state index in [0.717, 1.165) is 24.2 Å². The summed E-state index contributed by atoms with van der Waals surface area (Å²) < 4.78 is 5.17. The number of carbonyl (C=O) groups is 1. The third kappa shape index (κ3) is 2.97. The van der Waals surface area contributed by atoms with E-state index < -0.39 is 5.60 Å². The zero-order chi connectivity index (χ0) is 17.2. The lowest BCUT2D eigenvalue weighted by molar-refractivity contribution is -0.0177. The number of hydrogen-bond acceptors (Lipinski definition) is 5. The minimum absolute atomic E-state index is 0.124. The molecular weight excluding hydrogens is 306 g/mol. The maximum Gasteiger partial charge on any atom is 0.255 e. The van der Waals surface area contributed by atoms with E-state index in [1.54, 1.807) is 25.0 Å². The Labute approximate surface area is 141 Å². The number of benzene rings is 1. The highest BCUT2D eigenvalue weighted by Crippen LogP contribution is 2.36. The SMILES string of the molecule is COc1ccc([C@](C)(O)[C@H]2CCCN2C(=O)c2ccnnc2)cc1. The summed E-state index contributed by atoms with van der Waals surface area (Å²) in [7, 11) is 1.60. The summed E-state index contributed by atoms with van der Waals surface area (Å²) in [5.41, 5.74) is 0.113. The number of rotatable bonds is 4. The molecule has 0 aliphatic carbocycles. The second-order valence-corrected chi connectivity index (χ2v) is 6.16. The monoisotopic (exact) mass is 327 g/mol. The molecule has 0 spiro atoms. The molecule has 2 atom stereocenters. The van der Waals surface area contributed by atoms with E-state index in [1.807, 2.05) is 24.3 Å². The van der Waals surface area contributed by atoms with Crippen molar-refractivity contribution < 1.29 is 14.6 Å². The number of methoxy groups -OCH3 is 1. The smallest absolute Gasteiger partial charge is 0.255 e. The van der Waals surface area contributed by atoms with Crippen molar-refractivity contribution in [3.63, 3.8) is 0 Å². The van der Waals surface area contributed by atoms with Gasteiger partial charge in [-0.3, -0.25) is 4.79 Å². The number of aliphatic hydroxyl groups is 1. The van der Waals surface area contributed by atoms with Crippen LogP contribution < -0.4 is 4.74 Å². The normalized spacial score (nSPS) is 19.8. The molecule has 126 valence electrons. The van der Waals surface area contributed by atoms with Crippen LogP contribution in [0.1, 0.15) is 35.7 Å². The Hall–Kier alpha value is -2.47. The molecule has 1 N–H and O–H groups in total. The highest BCUT2D eigenvalue weighted by molar-refractivity contribution is 5.94. The molecule has 6 heteroatoms. The molecule has 1 aliphatic rings. The Balaban J connectivity index is 1.87.